The predicted octanol–water partition coefficient (Wildman–Crippen LogP) is 0.512. The van der Waals surface area contributed by atoms with Crippen molar-refractivity contribution >= 4 is 5.91 Å². The summed E-state index contributed by atoms with van der Waals surface area (Å²) >= 11 is 0. The summed E-state index contributed by atoms with van der Waals surface area (Å²) in [6.45, 7) is 3.90. The number of rotatable bonds is 1. The maximum Gasteiger partial charge on any atom is 0.267 e. The highest BCUT2D eigenvalue weighted by Gasteiger charge is 2.20. The maximum atomic E-state index is 11.5. The molecular weight excluding hydrogens is 178 g/mol. The van der Waals surface area contributed by atoms with E-state index in [4.69, 9.17) is 0 Å². The molecule has 0 fully saturated rings. The van der Waals surface area contributed by atoms with Crippen molar-refractivity contribution in [3.05, 3.63) is 23.5 Å². The van der Waals surface area contributed by atoms with Gasteiger partial charge in [-0.3, -0.25) is 4.79 Å². The van der Waals surface area contributed by atoms with Crippen LogP contribution in [0.25, 0.3) is 0 Å². The van der Waals surface area contributed by atoms with Gasteiger partial charge in [0.15, 0.2) is 0 Å². The summed E-state index contributed by atoms with van der Waals surface area (Å²) in [5, 5.41) is 6.01. The molecule has 2 N–H and O–H groups in total. The van der Waals surface area contributed by atoms with Gasteiger partial charge in [0.1, 0.15) is 5.69 Å². The Bertz CT molecular complexity index is 356. The molecule has 0 saturated carbocycles. The smallest absolute Gasteiger partial charge is 0.267 e. The van der Waals surface area contributed by atoms with Gasteiger partial charge in [0, 0.05) is 31.9 Å². The third-order valence-electron chi connectivity index (χ3n) is 2.70. The second kappa shape index (κ2) is 3.46. The lowest BCUT2D eigenvalue weighted by Gasteiger charge is -2.24. The van der Waals surface area contributed by atoms with Crippen molar-refractivity contribution in [1.82, 2.24) is 15.2 Å². The molecule has 1 aliphatic rings. The van der Waals surface area contributed by atoms with E-state index in [1.54, 1.807) is 7.05 Å². The Balaban J connectivity index is 2.40. The molecule has 0 aromatic carbocycles. The van der Waals surface area contributed by atoms with E-state index in [0.717, 1.165) is 18.8 Å². The number of nitrogens with one attached hydrogen (secondary N) is 2. The average molecular weight is 193 g/mol. The highest BCUT2D eigenvalue weighted by atomic mass is 16.1. The quantitative estimate of drug-likeness (QED) is 0.682. The van der Waals surface area contributed by atoms with Crippen molar-refractivity contribution in [3.8, 4) is 0 Å². The maximum absolute atomic E-state index is 11.5. The molecule has 1 atom stereocenters. The predicted molar refractivity (Wildman–Crippen MR) is 54.2 cm³/mol. The van der Waals surface area contributed by atoms with Gasteiger partial charge in [-0.15, -0.1) is 0 Å². The Kier molecular flexibility index (Phi) is 2.29. The van der Waals surface area contributed by atoms with Crippen LogP contribution in [0.1, 0.15) is 29.1 Å². The lowest BCUT2D eigenvalue weighted by Crippen LogP contribution is -2.33. The minimum absolute atomic E-state index is 0.00894. The molecule has 76 valence electrons. The summed E-state index contributed by atoms with van der Waals surface area (Å²) in [6.07, 6.45) is 0. The molecule has 1 aromatic heterocycles. The summed E-state index contributed by atoms with van der Waals surface area (Å²) in [5.41, 5.74) is 1.95. The first-order valence-electron chi connectivity index (χ1n) is 4.89. The third kappa shape index (κ3) is 1.32. The molecule has 0 unspecified atom stereocenters. The molecule has 0 spiro atoms. The number of fused-ring (bicyclic) bond motifs is 1. The molecule has 0 saturated heterocycles. The Hall–Kier alpha value is -1.29. The SMILES string of the molecule is CNC(=O)c1ccc2n1CCN[C@@H]2C. The Morgan fingerprint density at radius 1 is 1.64 bits per heavy atom. The van der Waals surface area contributed by atoms with E-state index in [-0.39, 0.29) is 5.91 Å². The zero-order chi connectivity index (χ0) is 10.1. The van der Waals surface area contributed by atoms with Crippen molar-refractivity contribution in [2.24, 2.45) is 0 Å². The topological polar surface area (TPSA) is 46.1 Å². The molecule has 1 aliphatic heterocycles. The van der Waals surface area contributed by atoms with Crippen molar-refractivity contribution in [1.29, 1.82) is 0 Å². The van der Waals surface area contributed by atoms with Crippen molar-refractivity contribution in [2.75, 3.05) is 13.6 Å². The number of aromatic nitrogens is 1. The Morgan fingerprint density at radius 3 is 3.14 bits per heavy atom. The van der Waals surface area contributed by atoms with Crippen molar-refractivity contribution < 1.29 is 4.79 Å². The fourth-order valence-electron chi connectivity index (χ4n) is 1.93. The van der Waals surface area contributed by atoms with E-state index in [2.05, 4.69) is 22.1 Å². The molecule has 0 aliphatic carbocycles. The summed E-state index contributed by atoms with van der Waals surface area (Å²) in [4.78, 5) is 11.5. The van der Waals surface area contributed by atoms with Crippen LogP contribution in [0.4, 0.5) is 0 Å². The number of amides is 1. The van der Waals surface area contributed by atoms with Gasteiger partial charge in [-0.2, -0.15) is 0 Å². The highest BCUT2D eigenvalue weighted by molar-refractivity contribution is 5.92. The van der Waals surface area contributed by atoms with Gasteiger partial charge in [0.2, 0.25) is 0 Å². The van der Waals surface area contributed by atoms with Crippen LogP contribution >= 0.6 is 0 Å². The standard InChI is InChI=1S/C10H15N3O/c1-7-8-3-4-9(10(14)11-2)13(8)6-5-12-7/h3-4,7,12H,5-6H2,1-2H3,(H,11,14)/t7-/m1/s1. The lowest BCUT2D eigenvalue weighted by atomic mass is 10.2. The van der Waals surface area contributed by atoms with E-state index < -0.39 is 0 Å². The largest absolute Gasteiger partial charge is 0.354 e. The summed E-state index contributed by atoms with van der Waals surface area (Å²) in [5.74, 6) is -0.00894. The molecular formula is C10H15N3O. The lowest BCUT2D eigenvalue weighted by molar-refractivity contribution is 0.0952. The van der Waals surface area contributed by atoms with Gasteiger partial charge in [-0.05, 0) is 19.1 Å². The number of carbonyl (C=O) groups is 1. The molecule has 4 nitrogen and oxygen atoms in total. The molecule has 0 bridgehead atoms. The summed E-state index contributed by atoms with van der Waals surface area (Å²) < 4.78 is 2.08. The third-order valence-corrected chi connectivity index (χ3v) is 2.70. The number of hydrogen-bond acceptors (Lipinski definition) is 2. The van der Waals surface area contributed by atoms with Crippen molar-refractivity contribution in [2.45, 2.75) is 19.5 Å². The van der Waals surface area contributed by atoms with Gasteiger partial charge < -0.3 is 15.2 Å². The monoisotopic (exact) mass is 193 g/mol. The van der Waals surface area contributed by atoms with E-state index in [1.165, 1.54) is 5.69 Å². The molecule has 4 heteroatoms. The highest BCUT2D eigenvalue weighted by Crippen LogP contribution is 2.20. The van der Waals surface area contributed by atoms with Gasteiger partial charge >= 0.3 is 0 Å². The molecule has 14 heavy (non-hydrogen) atoms. The normalized spacial score (nSPS) is 20.3. The molecule has 2 rings (SSSR count). The number of carbonyl (C=O) groups excluding carboxylic acids is 1. The van der Waals surface area contributed by atoms with Crippen molar-refractivity contribution in [3.63, 3.8) is 0 Å². The zero-order valence-corrected chi connectivity index (χ0v) is 8.50. The fraction of sp³-hybridized carbons (Fsp3) is 0.500. The average Bonchev–Trinajstić information content (AvgIpc) is 2.62. The molecule has 1 aromatic rings. The van der Waals surface area contributed by atoms with Crippen LogP contribution in [0.15, 0.2) is 12.1 Å². The Morgan fingerprint density at radius 2 is 2.43 bits per heavy atom. The van der Waals surface area contributed by atoms with Crippen LogP contribution < -0.4 is 10.6 Å². The molecule has 0 radical (unpaired) electrons. The van der Waals surface area contributed by atoms with E-state index in [1.807, 2.05) is 12.1 Å². The minimum Gasteiger partial charge on any atom is -0.354 e. The second-order valence-electron chi connectivity index (χ2n) is 3.55. The van der Waals surface area contributed by atoms with Crippen LogP contribution in [-0.2, 0) is 6.54 Å². The van der Waals surface area contributed by atoms with Gasteiger partial charge in [-0.1, -0.05) is 0 Å². The fourth-order valence-corrected chi connectivity index (χ4v) is 1.93. The van der Waals surface area contributed by atoms with Crippen LogP contribution in [0.5, 0.6) is 0 Å². The van der Waals surface area contributed by atoms with Crippen LogP contribution in [0.2, 0.25) is 0 Å². The summed E-state index contributed by atoms with van der Waals surface area (Å²) in [7, 11) is 1.66. The van der Waals surface area contributed by atoms with Crippen LogP contribution in [-0.4, -0.2) is 24.1 Å². The van der Waals surface area contributed by atoms with Gasteiger partial charge in [0.05, 0.1) is 0 Å². The first kappa shape index (κ1) is 9.27. The molecule has 2 heterocycles. The first-order chi connectivity index (χ1) is 6.74. The number of hydrogen-bond donors (Lipinski definition) is 2. The van der Waals surface area contributed by atoms with Crippen LogP contribution in [0.3, 0.4) is 0 Å². The summed E-state index contributed by atoms with van der Waals surface area (Å²) in [6, 6.07) is 4.24. The van der Waals surface area contributed by atoms with E-state index in [0.29, 0.717) is 6.04 Å². The van der Waals surface area contributed by atoms with Gasteiger partial charge in [0.25, 0.3) is 5.91 Å². The van der Waals surface area contributed by atoms with E-state index >= 15 is 0 Å². The second-order valence-corrected chi connectivity index (χ2v) is 3.55. The Labute approximate surface area is 83.3 Å². The zero-order valence-electron chi connectivity index (χ0n) is 8.50. The van der Waals surface area contributed by atoms with E-state index in [9.17, 15) is 4.79 Å². The van der Waals surface area contributed by atoms with Crippen LogP contribution in [0, 0.1) is 0 Å². The number of nitrogens with zero attached hydrogens (tertiary/aromatic N) is 1. The van der Waals surface area contributed by atoms with Gasteiger partial charge in [-0.25, -0.2) is 0 Å². The first-order valence-corrected chi connectivity index (χ1v) is 4.89. The minimum atomic E-state index is -0.00894. The molecule has 1 amide bonds.